The molecule has 36 heavy (non-hydrogen) atoms. The first-order chi connectivity index (χ1) is 17.3. The van der Waals surface area contributed by atoms with E-state index in [-0.39, 0.29) is 5.41 Å². The largest absolute Gasteiger partial charge is 0.208 e. The fourth-order valence-electron chi connectivity index (χ4n) is 4.24. The van der Waals surface area contributed by atoms with E-state index in [2.05, 4.69) is 97.4 Å². The van der Waals surface area contributed by atoms with Gasteiger partial charge in [-0.15, -0.1) is 0 Å². The Kier molecular flexibility index (Phi) is 6.80. The molecule has 0 saturated heterocycles. The minimum atomic E-state index is 0.238. The summed E-state index contributed by atoms with van der Waals surface area (Å²) in [5, 5.41) is 0. The molecule has 0 aliphatic heterocycles. The molecule has 0 aliphatic rings. The normalized spacial score (nSPS) is 11.4. The molecule has 0 saturated carbocycles. The molecule has 1 heterocycles. The van der Waals surface area contributed by atoms with Crippen molar-refractivity contribution in [3.05, 3.63) is 113 Å². The van der Waals surface area contributed by atoms with Gasteiger partial charge in [0.05, 0.1) is 0 Å². The third-order valence-corrected chi connectivity index (χ3v) is 6.39. The molecule has 178 valence electrons. The predicted molar refractivity (Wildman–Crippen MR) is 152 cm³/mol. The Bertz CT molecular complexity index is 1490. The van der Waals surface area contributed by atoms with Crippen LogP contribution < -0.4 is 0 Å². The fourth-order valence-corrected chi connectivity index (χ4v) is 4.64. The van der Waals surface area contributed by atoms with Gasteiger partial charge in [-0.2, -0.15) is 0 Å². The van der Waals surface area contributed by atoms with E-state index in [0.29, 0.717) is 17.5 Å². The molecule has 1 aromatic heterocycles. The first-order valence-electron chi connectivity index (χ1n) is 12.1. The zero-order chi connectivity index (χ0) is 25.1. The van der Waals surface area contributed by atoms with Crippen molar-refractivity contribution in [2.24, 2.45) is 5.41 Å². The summed E-state index contributed by atoms with van der Waals surface area (Å²) in [5.74, 6) is 2.01. The van der Waals surface area contributed by atoms with Crippen molar-refractivity contribution in [2.45, 2.75) is 27.2 Å². The van der Waals surface area contributed by atoms with Crippen LogP contribution in [0.2, 0.25) is 0 Å². The van der Waals surface area contributed by atoms with Gasteiger partial charge in [0.1, 0.15) is 0 Å². The predicted octanol–water partition coefficient (Wildman–Crippen LogP) is 8.89. The van der Waals surface area contributed by atoms with Crippen LogP contribution in [0.15, 0.2) is 108 Å². The molecule has 0 atom stereocenters. The summed E-state index contributed by atoms with van der Waals surface area (Å²) >= 11 is 3.58. The Morgan fingerprint density at radius 3 is 1.64 bits per heavy atom. The highest BCUT2D eigenvalue weighted by molar-refractivity contribution is 9.10. The Morgan fingerprint density at radius 2 is 1.03 bits per heavy atom. The number of aromatic nitrogens is 3. The molecule has 0 N–H and O–H groups in total. The summed E-state index contributed by atoms with van der Waals surface area (Å²) < 4.78 is 1.05. The van der Waals surface area contributed by atoms with Crippen LogP contribution in [0.25, 0.3) is 45.3 Å². The molecular weight excluding hydrogens is 506 g/mol. The summed E-state index contributed by atoms with van der Waals surface area (Å²) in [4.78, 5) is 14.7. The number of benzene rings is 4. The molecule has 0 amide bonds. The van der Waals surface area contributed by atoms with Gasteiger partial charge in [0.2, 0.25) is 0 Å². The van der Waals surface area contributed by atoms with Gasteiger partial charge < -0.3 is 0 Å². The van der Waals surface area contributed by atoms with Gasteiger partial charge in [-0.05, 0) is 46.7 Å². The van der Waals surface area contributed by atoms with Crippen molar-refractivity contribution in [3.63, 3.8) is 0 Å². The molecule has 0 spiro atoms. The molecular formula is C32H28BrN3. The lowest BCUT2D eigenvalue weighted by molar-refractivity contribution is 0.411. The van der Waals surface area contributed by atoms with E-state index < -0.39 is 0 Å². The zero-order valence-corrected chi connectivity index (χ0v) is 22.3. The van der Waals surface area contributed by atoms with Crippen LogP contribution in [-0.2, 0) is 6.42 Å². The third-order valence-electron chi connectivity index (χ3n) is 5.89. The van der Waals surface area contributed by atoms with Gasteiger partial charge in [-0.3, -0.25) is 0 Å². The van der Waals surface area contributed by atoms with Crippen LogP contribution >= 0.6 is 15.9 Å². The van der Waals surface area contributed by atoms with Gasteiger partial charge >= 0.3 is 0 Å². The second kappa shape index (κ2) is 10.2. The first-order valence-corrected chi connectivity index (χ1v) is 12.9. The van der Waals surface area contributed by atoms with E-state index in [1.54, 1.807) is 0 Å². The highest BCUT2D eigenvalue weighted by Gasteiger charge is 2.14. The van der Waals surface area contributed by atoms with Gasteiger partial charge in [0, 0.05) is 21.2 Å². The van der Waals surface area contributed by atoms with Gasteiger partial charge in [-0.25, -0.2) is 15.0 Å². The molecule has 5 aromatic rings. The van der Waals surface area contributed by atoms with Gasteiger partial charge in [0.25, 0.3) is 0 Å². The first kappa shape index (κ1) is 24.1. The van der Waals surface area contributed by atoms with Gasteiger partial charge in [0.15, 0.2) is 17.5 Å². The summed E-state index contributed by atoms with van der Waals surface area (Å²) in [7, 11) is 0. The molecule has 0 radical (unpaired) electrons. The lowest BCUT2D eigenvalue weighted by Crippen LogP contribution is -2.08. The Morgan fingerprint density at radius 1 is 0.528 bits per heavy atom. The smallest absolute Gasteiger partial charge is 0.164 e. The van der Waals surface area contributed by atoms with E-state index in [4.69, 9.17) is 15.0 Å². The van der Waals surface area contributed by atoms with E-state index in [1.807, 2.05) is 42.5 Å². The quantitative estimate of drug-likeness (QED) is 0.226. The maximum atomic E-state index is 4.92. The van der Waals surface area contributed by atoms with Crippen LogP contribution in [0.3, 0.4) is 0 Å². The van der Waals surface area contributed by atoms with Crippen molar-refractivity contribution < 1.29 is 0 Å². The average molecular weight is 535 g/mol. The van der Waals surface area contributed by atoms with Crippen LogP contribution in [0.1, 0.15) is 26.3 Å². The van der Waals surface area contributed by atoms with Crippen LogP contribution in [0, 0.1) is 5.41 Å². The minimum Gasteiger partial charge on any atom is -0.208 e. The van der Waals surface area contributed by atoms with Crippen molar-refractivity contribution in [1.82, 2.24) is 15.0 Å². The number of nitrogens with zero attached hydrogens (tertiary/aromatic N) is 3. The highest BCUT2D eigenvalue weighted by atomic mass is 79.9. The summed E-state index contributed by atoms with van der Waals surface area (Å²) in [6.45, 7) is 6.77. The monoisotopic (exact) mass is 533 g/mol. The third kappa shape index (κ3) is 5.77. The zero-order valence-electron chi connectivity index (χ0n) is 20.7. The Labute approximate surface area is 221 Å². The average Bonchev–Trinajstić information content (AvgIpc) is 2.88. The Hall–Kier alpha value is -3.63. The molecule has 5 rings (SSSR count). The molecule has 0 fully saturated rings. The lowest BCUT2D eigenvalue weighted by atomic mass is 9.88. The summed E-state index contributed by atoms with van der Waals surface area (Å²) in [6.07, 6.45) is 1.02. The topological polar surface area (TPSA) is 38.7 Å². The maximum Gasteiger partial charge on any atom is 0.164 e. The van der Waals surface area contributed by atoms with Gasteiger partial charge in [-0.1, -0.05) is 122 Å². The highest BCUT2D eigenvalue weighted by Crippen LogP contribution is 2.29. The second-order valence-electron chi connectivity index (χ2n) is 10.2. The van der Waals surface area contributed by atoms with Crippen molar-refractivity contribution in [1.29, 1.82) is 0 Å². The van der Waals surface area contributed by atoms with E-state index in [0.717, 1.165) is 38.7 Å². The molecule has 0 unspecified atom stereocenters. The van der Waals surface area contributed by atoms with Crippen LogP contribution in [0.4, 0.5) is 0 Å². The summed E-state index contributed by atoms with van der Waals surface area (Å²) in [5.41, 5.74) is 6.71. The fraction of sp³-hybridized carbons (Fsp3) is 0.156. The van der Waals surface area contributed by atoms with E-state index >= 15 is 0 Å². The van der Waals surface area contributed by atoms with Crippen molar-refractivity contribution in [2.75, 3.05) is 0 Å². The van der Waals surface area contributed by atoms with Crippen molar-refractivity contribution in [3.8, 4) is 45.3 Å². The van der Waals surface area contributed by atoms with E-state index in [1.165, 1.54) is 5.56 Å². The lowest BCUT2D eigenvalue weighted by Gasteiger charge is -2.18. The second-order valence-corrected chi connectivity index (χ2v) is 11.1. The standard InChI is InChI=1S/C32H28BrN3/c1-32(2,3)21-22-15-17-24(18-16-22)30-34-29(23-9-5-4-6-10-23)35-31(36-30)27-13-7-11-25(19-27)26-12-8-14-28(33)20-26/h4-20H,21H2,1-3H3. The molecule has 3 nitrogen and oxygen atoms in total. The number of rotatable bonds is 5. The molecule has 4 heteroatoms. The molecule has 4 aromatic carbocycles. The minimum absolute atomic E-state index is 0.238. The van der Waals surface area contributed by atoms with Crippen LogP contribution in [-0.4, -0.2) is 15.0 Å². The van der Waals surface area contributed by atoms with Crippen molar-refractivity contribution >= 4 is 15.9 Å². The van der Waals surface area contributed by atoms with Crippen LogP contribution in [0.5, 0.6) is 0 Å². The van der Waals surface area contributed by atoms with E-state index in [9.17, 15) is 0 Å². The molecule has 0 aliphatic carbocycles. The SMILES string of the molecule is CC(C)(C)Cc1ccc(-c2nc(-c3ccccc3)nc(-c3cccc(-c4cccc(Br)c4)c3)n2)cc1. The maximum absolute atomic E-state index is 4.92. The number of halogens is 1. The number of hydrogen-bond donors (Lipinski definition) is 0. The summed E-state index contributed by atoms with van der Waals surface area (Å²) in [6, 6.07) is 35.4. The Balaban J connectivity index is 1.59. The molecule has 0 bridgehead atoms. The number of hydrogen-bond acceptors (Lipinski definition) is 3.